The number of nitrogens with one attached hydrogen (secondary N) is 1. The van der Waals surface area contributed by atoms with Gasteiger partial charge >= 0.3 is 11.6 Å². The van der Waals surface area contributed by atoms with Crippen molar-refractivity contribution in [3.8, 4) is 5.75 Å². The average Bonchev–Trinajstić information content (AvgIpc) is 3.16. The van der Waals surface area contributed by atoms with Crippen molar-refractivity contribution in [3.63, 3.8) is 0 Å². The minimum absolute atomic E-state index is 0.0445. The van der Waals surface area contributed by atoms with Crippen molar-refractivity contribution in [3.05, 3.63) is 62.6 Å². The van der Waals surface area contributed by atoms with Gasteiger partial charge in [-0.1, -0.05) is 19.4 Å². The normalized spacial score (nSPS) is 10.7. The van der Waals surface area contributed by atoms with Gasteiger partial charge in [0.1, 0.15) is 21.8 Å². The van der Waals surface area contributed by atoms with Crippen molar-refractivity contribution in [2.75, 3.05) is 6.54 Å². The van der Waals surface area contributed by atoms with Crippen molar-refractivity contribution in [1.29, 1.82) is 0 Å². The molecule has 0 aliphatic carbocycles. The summed E-state index contributed by atoms with van der Waals surface area (Å²) in [5.74, 6) is -0.671. The lowest BCUT2D eigenvalue weighted by molar-refractivity contribution is 0.0739. The number of esters is 1. The first kappa shape index (κ1) is 17.9. The van der Waals surface area contributed by atoms with Crippen LogP contribution in [0.15, 0.2) is 51.0 Å². The molecule has 2 aromatic heterocycles. The van der Waals surface area contributed by atoms with Gasteiger partial charge in [0.25, 0.3) is 5.91 Å². The Morgan fingerprint density at radius 2 is 2.08 bits per heavy atom. The minimum atomic E-state index is -0.728. The van der Waals surface area contributed by atoms with Crippen LogP contribution in [0.3, 0.4) is 0 Å². The van der Waals surface area contributed by atoms with Gasteiger partial charge in [-0.25, -0.2) is 9.59 Å². The predicted molar refractivity (Wildman–Crippen MR) is 99.0 cm³/mol. The molecular weight excluding hydrogens is 354 g/mol. The number of benzene rings is 1. The fourth-order valence-corrected chi connectivity index (χ4v) is 2.94. The van der Waals surface area contributed by atoms with Crippen LogP contribution in [0.2, 0.25) is 0 Å². The Labute approximate surface area is 153 Å². The van der Waals surface area contributed by atoms with Crippen LogP contribution in [-0.2, 0) is 0 Å². The third kappa shape index (κ3) is 4.00. The van der Waals surface area contributed by atoms with Gasteiger partial charge < -0.3 is 14.5 Å². The topological polar surface area (TPSA) is 85.6 Å². The maximum Gasteiger partial charge on any atom is 0.353 e. The second-order valence-corrected chi connectivity index (χ2v) is 6.57. The second kappa shape index (κ2) is 7.97. The Hall–Kier alpha value is -2.93. The van der Waals surface area contributed by atoms with Crippen LogP contribution in [0.1, 0.15) is 39.8 Å². The van der Waals surface area contributed by atoms with E-state index < -0.39 is 17.5 Å². The van der Waals surface area contributed by atoms with Crippen LogP contribution in [0.4, 0.5) is 0 Å². The lowest BCUT2D eigenvalue weighted by atomic mass is 10.1. The average molecular weight is 371 g/mol. The van der Waals surface area contributed by atoms with Crippen LogP contribution < -0.4 is 15.7 Å². The van der Waals surface area contributed by atoms with Crippen molar-refractivity contribution >= 4 is 34.2 Å². The van der Waals surface area contributed by atoms with Gasteiger partial charge in [0.15, 0.2) is 0 Å². The van der Waals surface area contributed by atoms with Gasteiger partial charge in [0.2, 0.25) is 0 Å². The van der Waals surface area contributed by atoms with E-state index in [2.05, 4.69) is 5.32 Å². The standard InChI is InChI=1S/C19H17NO5S/c1-2-3-8-20-17(21)14-10-12-6-7-13(11-15(12)25-18(14)22)24-19(23)16-5-4-9-26-16/h4-7,9-11H,2-3,8H2,1H3,(H,20,21). The van der Waals surface area contributed by atoms with Gasteiger partial charge in [0, 0.05) is 18.0 Å². The van der Waals surface area contributed by atoms with Gasteiger partial charge in [-0.15, -0.1) is 11.3 Å². The lowest BCUT2D eigenvalue weighted by Crippen LogP contribution is -2.28. The van der Waals surface area contributed by atoms with Crippen LogP contribution in [0, 0.1) is 0 Å². The molecule has 0 aliphatic rings. The first-order chi connectivity index (χ1) is 12.6. The molecule has 0 spiro atoms. The molecule has 1 amide bonds. The maximum atomic E-state index is 12.1. The molecule has 0 unspecified atom stereocenters. The molecule has 3 rings (SSSR count). The van der Waals surface area contributed by atoms with Crippen LogP contribution in [0.25, 0.3) is 11.0 Å². The molecular formula is C19H17NO5S. The molecule has 1 aromatic carbocycles. The van der Waals surface area contributed by atoms with E-state index in [1.54, 1.807) is 29.6 Å². The highest BCUT2D eigenvalue weighted by molar-refractivity contribution is 7.12. The van der Waals surface area contributed by atoms with Crippen LogP contribution in [0.5, 0.6) is 5.75 Å². The highest BCUT2D eigenvalue weighted by Crippen LogP contribution is 2.22. The van der Waals surface area contributed by atoms with Gasteiger partial charge in [-0.3, -0.25) is 4.79 Å². The number of hydrogen-bond donors (Lipinski definition) is 1. The monoisotopic (exact) mass is 371 g/mol. The van der Waals surface area contributed by atoms with E-state index in [1.807, 2.05) is 6.92 Å². The number of unbranched alkanes of at least 4 members (excludes halogenated alkanes) is 1. The Morgan fingerprint density at radius 1 is 1.23 bits per heavy atom. The summed E-state index contributed by atoms with van der Waals surface area (Å²) in [5, 5.41) is 5.04. The Kier molecular flexibility index (Phi) is 5.48. The highest BCUT2D eigenvalue weighted by atomic mass is 32.1. The summed E-state index contributed by atoms with van der Waals surface area (Å²) < 4.78 is 10.5. The summed E-state index contributed by atoms with van der Waals surface area (Å²) in [6, 6.07) is 9.59. The molecule has 2 heterocycles. The number of fused-ring (bicyclic) bond motifs is 1. The van der Waals surface area contributed by atoms with Gasteiger partial charge in [-0.2, -0.15) is 0 Å². The zero-order valence-electron chi connectivity index (χ0n) is 14.1. The van der Waals surface area contributed by atoms with E-state index in [4.69, 9.17) is 9.15 Å². The SMILES string of the molecule is CCCCNC(=O)c1cc2ccc(OC(=O)c3cccs3)cc2oc1=O. The van der Waals surface area contributed by atoms with E-state index in [9.17, 15) is 14.4 Å². The molecule has 7 heteroatoms. The lowest BCUT2D eigenvalue weighted by Gasteiger charge is -2.06. The molecule has 3 aromatic rings. The minimum Gasteiger partial charge on any atom is -0.422 e. The van der Waals surface area contributed by atoms with E-state index in [0.717, 1.165) is 12.8 Å². The Balaban J connectivity index is 1.82. The summed E-state index contributed by atoms with van der Waals surface area (Å²) >= 11 is 1.28. The fourth-order valence-electron chi connectivity index (χ4n) is 2.34. The zero-order chi connectivity index (χ0) is 18.5. The van der Waals surface area contributed by atoms with Crippen molar-refractivity contribution in [2.45, 2.75) is 19.8 Å². The number of carbonyl (C=O) groups excluding carboxylic acids is 2. The van der Waals surface area contributed by atoms with Crippen LogP contribution in [-0.4, -0.2) is 18.4 Å². The Morgan fingerprint density at radius 3 is 2.81 bits per heavy atom. The Bertz CT molecular complexity index is 991. The molecule has 26 heavy (non-hydrogen) atoms. The largest absolute Gasteiger partial charge is 0.422 e. The number of amides is 1. The molecule has 0 radical (unpaired) electrons. The summed E-state index contributed by atoms with van der Waals surface area (Å²) in [6.07, 6.45) is 1.78. The van der Waals surface area contributed by atoms with E-state index in [-0.39, 0.29) is 16.9 Å². The molecule has 1 N–H and O–H groups in total. The number of thiophene rings is 1. The number of ether oxygens (including phenoxy) is 1. The summed E-state index contributed by atoms with van der Waals surface area (Å²) in [7, 11) is 0. The molecule has 6 nitrogen and oxygen atoms in total. The van der Waals surface area contributed by atoms with E-state index in [0.29, 0.717) is 16.8 Å². The van der Waals surface area contributed by atoms with Crippen molar-refractivity contribution in [2.24, 2.45) is 0 Å². The third-order valence-electron chi connectivity index (χ3n) is 3.70. The molecule has 134 valence electrons. The van der Waals surface area contributed by atoms with Gasteiger partial charge in [-0.05, 0) is 36.1 Å². The number of rotatable bonds is 6. The molecule has 0 atom stereocenters. The smallest absolute Gasteiger partial charge is 0.353 e. The second-order valence-electron chi connectivity index (χ2n) is 5.62. The third-order valence-corrected chi connectivity index (χ3v) is 4.55. The first-order valence-electron chi connectivity index (χ1n) is 8.20. The fraction of sp³-hybridized carbons (Fsp3) is 0.211. The van der Waals surface area contributed by atoms with Crippen molar-refractivity contribution in [1.82, 2.24) is 5.32 Å². The zero-order valence-corrected chi connectivity index (χ0v) is 14.9. The van der Waals surface area contributed by atoms with E-state index >= 15 is 0 Å². The summed E-state index contributed by atoms with van der Waals surface area (Å²) in [6.45, 7) is 2.52. The predicted octanol–water partition coefficient (Wildman–Crippen LogP) is 3.60. The highest BCUT2D eigenvalue weighted by Gasteiger charge is 2.15. The molecule has 0 aliphatic heterocycles. The quantitative estimate of drug-likeness (QED) is 0.310. The first-order valence-corrected chi connectivity index (χ1v) is 9.08. The molecule has 0 saturated heterocycles. The van der Waals surface area contributed by atoms with Crippen LogP contribution >= 0.6 is 11.3 Å². The summed E-state index contributed by atoms with van der Waals surface area (Å²) in [5.41, 5.74) is -0.526. The molecule has 0 saturated carbocycles. The molecule has 0 fully saturated rings. The van der Waals surface area contributed by atoms with E-state index in [1.165, 1.54) is 23.5 Å². The number of hydrogen-bond acceptors (Lipinski definition) is 6. The maximum absolute atomic E-state index is 12.1. The van der Waals surface area contributed by atoms with Gasteiger partial charge in [0.05, 0.1) is 0 Å². The van der Waals surface area contributed by atoms with Crippen molar-refractivity contribution < 1.29 is 18.7 Å². The summed E-state index contributed by atoms with van der Waals surface area (Å²) in [4.78, 5) is 36.6. The number of carbonyl (C=O) groups is 2. The molecule has 0 bridgehead atoms.